The number of nitrogens with two attached hydrogens (primary N) is 1. The van der Waals surface area contributed by atoms with Gasteiger partial charge < -0.3 is 20.1 Å². The van der Waals surface area contributed by atoms with Gasteiger partial charge in [-0.15, -0.1) is 0 Å². The number of carbonyl (C=O) groups is 2. The van der Waals surface area contributed by atoms with E-state index in [1.54, 1.807) is 0 Å². The molecule has 0 heterocycles. The average molecular weight is 1400 g/mol. The van der Waals surface area contributed by atoms with Crippen molar-refractivity contribution in [1.29, 1.82) is 0 Å². The molecule has 2 atom stereocenters. The third kappa shape index (κ3) is 82.5. The van der Waals surface area contributed by atoms with Crippen LogP contribution in [0.4, 0.5) is 0 Å². The van der Waals surface area contributed by atoms with Crippen LogP contribution in [0.15, 0.2) is 158 Å². The maximum atomic E-state index is 12.8. The first kappa shape index (κ1) is 94.6. The lowest BCUT2D eigenvalue weighted by atomic mass is 10.0. The lowest BCUT2D eigenvalue weighted by Gasteiger charge is -2.19. The van der Waals surface area contributed by atoms with E-state index in [1.165, 1.54) is 212 Å². The van der Waals surface area contributed by atoms with E-state index >= 15 is 0 Å². The zero-order chi connectivity index (χ0) is 71.5. The summed E-state index contributed by atoms with van der Waals surface area (Å²) in [6.45, 7) is 3.60. The Morgan fingerprint density at radius 1 is 0.313 bits per heavy atom. The monoisotopic (exact) mass is 1390 g/mol. The Morgan fingerprint density at radius 3 is 0.838 bits per heavy atom. The highest BCUT2D eigenvalue weighted by Crippen LogP contribution is 2.43. The number of phosphoric acid groups is 1. The maximum Gasteiger partial charge on any atom is 0.472 e. The molecule has 9 nitrogen and oxygen atoms in total. The highest BCUT2D eigenvalue weighted by molar-refractivity contribution is 7.47. The first-order chi connectivity index (χ1) is 48.8. The van der Waals surface area contributed by atoms with Gasteiger partial charge in [-0.2, -0.15) is 0 Å². The predicted molar refractivity (Wildman–Crippen MR) is 431 cm³/mol. The SMILES string of the molecule is CC/C=C\C/C=C\C/C=C\C/C=C\C/C=C\C/C=C\C/C=C\C/C=C\C/C=C\C/C=C\C/C=C\CCCCCC(=O)OC(COC(=O)CCCCCCCCCCCCCCCCCCCCCCCCCCCCCCC/C=C\C/C=C\CCCCCCC)COP(=O)(O)OCCN. The predicted octanol–water partition coefficient (Wildman–Crippen LogP) is 27.9. The van der Waals surface area contributed by atoms with E-state index in [4.69, 9.17) is 24.3 Å². The number of unbranched alkanes of at least 4 members (excludes halogenated alkanes) is 37. The van der Waals surface area contributed by atoms with Crippen molar-refractivity contribution in [3.05, 3.63) is 158 Å². The standard InChI is InChI=1S/C89H152NO8P/c1-3-5-7-9-11-13-15-17-19-21-23-25-27-29-31-33-35-37-39-41-42-43-44-46-47-49-51-53-55-57-59-61-63-65-67-69-71-73-75-77-79-81-88(91)95-85-87(86-97-99(93,94)96-84-83-90)98-89(92)82-80-78-76-74-72-70-68-66-64-62-60-58-56-54-52-50-48-45-40-38-36-34-32-30-28-26-24-22-20-18-16-14-12-10-8-6-4-2/h6,8,12,14-15,17-18,20-21,23-24,26,30,32,36,38,45,48,52,54,58,60,64,66,70,72,87H,3-5,7,9-11,13,16,19,22,25,27-29,31,33-35,37,39-44,46-47,49-51,53,55-57,59,61-63,65,67-69,71,73-86,90H2,1-2H3,(H,93,94)/b8-6-,14-12-,17-15-,20-18-,23-21-,26-24-,32-30-,38-36-,48-45-,54-52-,60-58-,66-64-,72-70-. The zero-order valence-electron chi connectivity index (χ0n) is 63.9. The molecule has 99 heavy (non-hydrogen) atoms. The molecule has 0 aromatic rings. The van der Waals surface area contributed by atoms with E-state index in [9.17, 15) is 19.0 Å². The molecular formula is C89H152NO8P. The summed E-state index contributed by atoms with van der Waals surface area (Å²) in [6, 6.07) is 0. The van der Waals surface area contributed by atoms with Crippen molar-refractivity contribution in [2.45, 2.75) is 367 Å². The van der Waals surface area contributed by atoms with Crippen molar-refractivity contribution >= 4 is 19.8 Å². The van der Waals surface area contributed by atoms with Gasteiger partial charge in [-0.25, -0.2) is 4.57 Å². The second kappa shape index (κ2) is 82.6. The summed E-state index contributed by atoms with van der Waals surface area (Å²) in [5.74, 6) is -0.863. The smallest absolute Gasteiger partial charge is 0.462 e. The summed E-state index contributed by atoms with van der Waals surface area (Å²) in [5, 5.41) is 0. The number of ether oxygens (including phenoxy) is 2. The van der Waals surface area contributed by atoms with Gasteiger partial charge in [0.05, 0.1) is 13.2 Å². The van der Waals surface area contributed by atoms with Gasteiger partial charge in [-0.3, -0.25) is 18.6 Å². The Bertz CT molecular complexity index is 2190. The fourth-order valence-electron chi connectivity index (χ4n) is 11.4. The quantitative estimate of drug-likeness (QED) is 0.0264. The molecule has 2 unspecified atom stereocenters. The number of phosphoric ester groups is 1. The molecule has 0 aromatic heterocycles. The minimum atomic E-state index is -4.42. The van der Waals surface area contributed by atoms with Crippen LogP contribution >= 0.6 is 7.82 Å². The first-order valence-corrected chi connectivity index (χ1v) is 42.5. The van der Waals surface area contributed by atoms with Crippen LogP contribution in [0.5, 0.6) is 0 Å². The molecule has 0 aliphatic rings. The Labute approximate surface area is 610 Å². The topological polar surface area (TPSA) is 134 Å². The molecule has 0 saturated carbocycles. The van der Waals surface area contributed by atoms with Crippen molar-refractivity contribution in [3.8, 4) is 0 Å². The van der Waals surface area contributed by atoms with Gasteiger partial charge in [0, 0.05) is 19.4 Å². The minimum Gasteiger partial charge on any atom is -0.462 e. The molecular weight excluding hydrogens is 1240 g/mol. The summed E-state index contributed by atoms with van der Waals surface area (Å²) in [4.78, 5) is 35.4. The van der Waals surface area contributed by atoms with E-state index in [2.05, 4.69) is 172 Å². The van der Waals surface area contributed by atoms with Gasteiger partial charge in [-0.1, -0.05) is 377 Å². The third-order valence-corrected chi connectivity index (χ3v) is 18.4. The van der Waals surface area contributed by atoms with Crippen LogP contribution < -0.4 is 5.73 Å². The van der Waals surface area contributed by atoms with Crippen molar-refractivity contribution < 1.29 is 37.6 Å². The molecule has 0 spiro atoms. The van der Waals surface area contributed by atoms with Crippen LogP contribution in [0.25, 0.3) is 0 Å². The fraction of sp³-hybridized carbons (Fsp3) is 0.685. The molecule has 566 valence electrons. The van der Waals surface area contributed by atoms with Crippen LogP contribution in [0.3, 0.4) is 0 Å². The van der Waals surface area contributed by atoms with Crippen molar-refractivity contribution in [3.63, 3.8) is 0 Å². The summed E-state index contributed by atoms with van der Waals surface area (Å²) in [5.41, 5.74) is 5.41. The Morgan fingerprint density at radius 2 is 0.556 bits per heavy atom. The second-order valence-corrected chi connectivity index (χ2v) is 28.4. The van der Waals surface area contributed by atoms with Crippen LogP contribution in [0, 0.1) is 0 Å². The van der Waals surface area contributed by atoms with Crippen LogP contribution in [0.2, 0.25) is 0 Å². The maximum absolute atomic E-state index is 12.8. The molecule has 0 saturated heterocycles. The molecule has 0 radical (unpaired) electrons. The molecule has 10 heteroatoms. The second-order valence-electron chi connectivity index (χ2n) is 26.9. The van der Waals surface area contributed by atoms with Gasteiger partial charge in [0.2, 0.25) is 0 Å². The minimum absolute atomic E-state index is 0.0414. The number of esters is 2. The van der Waals surface area contributed by atoms with E-state index < -0.39 is 26.5 Å². The van der Waals surface area contributed by atoms with Crippen LogP contribution in [0.1, 0.15) is 361 Å². The first-order valence-electron chi connectivity index (χ1n) is 41.0. The van der Waals surface area contributed by atoms with Gasteiger partial charge in [-0.05, 0) is 128 Å². The number of hydrogen-bond acceptors (Lipinski definition) is 8. The molecule has 0 aliphatic heterocycles. The molecule has 0 aromatic carbocycles. The van der Waals surface area contributed by atoms with E-state index in [0.29, 0.717) is 6.42 Å². The van der Waals surface area contributed by atoms with E-state index in [0.717, 1.165) is 116 Å². The number of hydrogen-bond donors (Lipinski definition) is 2. The van der Waals surface area contributed by atoms with E-state index in [-0.39, 0.29) is 38.6 Å². The molecule has 0 amide bonds. The van der Waals surface area contributed by atoms with Gasteiger partial charge in [0.1, 0.15) is 6.61 Å². The molecule has 0 aliphatic carbocycles. The highest BCUT2D eigenvalue weighted by Gasteiger charge is 2.26. The average Bonchev–Trinajstić information content (AvgIpc) is 1.64. The largest absolute Gasteiger partial charge is 0.472 e. The summed E-state index contributed by atoms with van der Waals surface area (Å²) < 4.78 is 33.2. The van der Waals surface area contributed by atoms with Crippen LogP contribution in [-0.4, -0.2) is 49.3 Å². The Balaban J connectivity index is 3.88. The lowest BCUT2D eigenvalue weighted by Crippen LogP contribution is -2.29. The van der Waals surface area contributed by atoms with Crippen molar-refractivity contribution in [2.24, 2.45) is 5.73 Å². The molecule has 0 fully saturated rings. The number of allylic oxidation sites excluding steroid dienone is 26. The normalized spacial score (nSPS) is 13.7. The third-order valence-electron chi connectivity index (χ3n) is 17.4. The van der Waals surface area contributed by atoms with Gasteiger partial charge in [0.15, 0.2) is 6.10 Å². The van der Waals surface area contributed by atoms with Crippen molar-refractivity contribution in [1.82, 2.24) is 0 Å². The number of carbonyl (C=O) groups excluding carboxylic acids is 2. The molecule has 0 bridgehead atoms. The van der Waals surface area contributed by atoms with Gasteiger partial charge >= 0.3 is 19.8 Å². The Kier molecular flexibility index (Phi) is 78.9. The molecule has 0 rings (SSSR count). The lowest BCUT2D eigenvalue weighted by molar-refractivity contribution is -0.161. The van der Waals surface area contributed by atoms with Crippen LogP contribution in [-0.2, 0) is 32.7 Å². The number of rotatable bonds is 76. The highest BCUT2D eigenvalue weighted by atomic mass is 31.2. The van der Waals surface area contributed by atoms with Crippen molar-refractivity contribution in [2.75, 3.05) is 26.4 Å². The Hall–Kier alpha value is -4.37. The van der Waals surface area contributed by atoms with Gasteiger partial charge in [0.25, 0.3) is 0 Å². The summed E-state index contributed by atoms with van der Waals surface area (Å²) in [6.07, 6.45) is 121. The summed E-state index contributed by atoms with van der Waals surface area (Å²) in [7, 11) is -4.42. The zero-order valence-corrected chi connectivity index (χ0v) is 64.8. The van der Waals surface area contributed by atoms with E-state index in [1.807, 2.05) is 0 Å². The molecule has 3 N–H and O–H groups in total. The fourth-order valence-corrected chi connectivity index (χ4v) is 12.1. The summed E-state index contributed by atoms with van der Waals surface area (Å²) >= 11 is 0.